The Balaban J connectivity index is 3.24. The van der Waals surface area contributed by atoms with E-state index in [2.05, 4.69) is 0 Å². The van der Waals surface area contributed by atoms with Gasteiger partial charge in [0.2, 0.25) is 10.0 Å². The fraction of sp³-hybridized carbons (Fsp3) is 0.400. The Labute approximate surface area is 105 Å². The molecule has 0 fully saturated rings. The molecule has 0 aliphatic heterocycles. The largest absolute Gasteiger partial charge is 0.395 e. The summed E-state index contributed by atoms with van der Waals surface area (Å²) >= 11 is 5.75. The minimum absolute atomic E-state index is 0.0391. The fourth-order valence-electron chi connectivity index (χ4n) is 1.37. The lowest BCUT2D eigenvalue weighted by Crippen LogP contribution is -2.33. The van der Waals surface area contributed by atoms with Crippen molar-refractivity contribution in [1.29, 1.82) is 0 Å². The molecule has 7 heteroatoms. The van der Waals surface area contributed by atoms with Gasteiger partial charge in [-0.15, -0.1) is 0 Å². The molecule has 0 bridgehead atoms. The van der Waals surface area contributed by atoms with Gasteiger partial charge in [0.05, 0.1) is 11.6 Å². The molecule has 0 saturated carbocycles. The van der Waals surface area contributed by atoms with E-state index in [4.69, 9.17) is 16.7 Å². The normalized spacial score (nSPS) is 12.1. The van der Waals surface area contributed by atoms with Gasteiger partial charge in [0.1, 0.15) is 10.7 Å². The first-order valence-electron chi connectivity index (χ1n) is 4.99. The van der Waals surface area contributed by atoms with Crippen LogP contribution in [0.5, 0.6) is 0 Å². The van der Waals surface area contributed by atoms with Crippen LogP contribution in [0.4, 0.5) is 4.39 Å². The number of aliphatic hydroxyl groups excluding tert-OH is 1. The van der Waals surface area contributed by atoms with Crippen LogP contribution in [0, 0.1) is 5.82 Å². The minimum atomic E-state index is -3.87. The summed E-state index contributed by atoms with van der Waals surface area (Å²) in [5.41, 5.74) is 0. The second kappa shape index (κ2) is 5.77. The lowest BCUT2D eigenvalue weighted by Gasteiger charge is -2.19. The first-order chi connectivity index (χ1) is 7.93. The molecule has 4 nitrogen and oxygen atoms in total. The third-order valence-corrected chi connectivity index (χ3v) is 4.67. The van der Waals surface area contributed by atoms with Crippen LogP contribution in [0.15, 0.2) is 23.1 Å². The molecule has 1 aromatic rings. The maximum Gasteiger partial charge on any atom is 0.244 e. The molecule has 0 aromatic heterocycles. The Hall–Kier alpha value is -0.690. The van der Waals surface area contributed by atoms with Crippen LogP contribution in [0.25, 0.3) is 0 Å². The second-order valence-corrected chi connectivity index (χ2v) is 5.61. The van der Waals surface area contributed by atoms with E-state index in [1.165, 1.54) is 6.07 Å². The van der Waals surface area contributed by atoms with Gasteiger partial charge in [-0.25, -0.2) is 12.8 Å². The Kier molecular flexibility index (Phi) is 4.88. The predicted octanol–water partition coefficient (Wildman–Crippen LogP) is 1.48. The summed E-state index contributed by atoms with van der Waals surface area (Å²) in [4.78, 5) is -0.283. The Morgan fingerprint density at radius 3 is 2.65 bits per heavy atom. The van der Waals surface area contributed by atoms with Crippen LogP contribution in [0.1, 0.15) is 6.92 Å². The molecular weight excluding hydrogens is 269 g/mol. The number of rotatable bonds is 5. The van der Waals surface area contributed by atoms with Gasteiger partial charge in [0, 0.05) is 13.1 Å². The third-order valence-electron chi connectivity index (χ3n) is 2.21. The fourth-order valence-corrected chi connectivity index (χ4v) is 3.30. The maximum absolute atomic E-state index is 13.0. The highest BCUT2D eigenvalue weighted by molar-refractivity contribution is 7.89. The number of sulfonamides is 1. The summed E-state index contributed by atoms with van der Waals surface area (Å²) in [6.07, 6.45) is 0. The van der Waals surface area contributed by atoms with E-state index in [0.29, 0.717) is 0 Å². The summed E-state index contributed by atoms with van der Waals surface area (Å²) in [5.74, 6) is -0.673. The summed E-state index contributed by atoms with van der Waals surface area (Å²) in [5, 5.41) is 8.75. The number of aliphatic hydroxyl groups is 1. The van der Waals surface area contributed by atoms with Crippen LogP contribution in [0.2, 0.25) is 5.02 Å². The zero-order valence-electron chi connectivity index (χ0n) is 9.23. The average molecular weight is 282 g/mol. The van der Waals surface area contributed by atoms with Crippen molar-refractivity contribution < 1.29 is 17.9 Å². The van der Waals surface area contributed by atoms with E-state index in [1.54, 1.807) is 6.92 Å². The molecule has 0 aliphatic rings. The molecule has 1 aromatic carbocycles. The van der Waals surface area contributed by atoms with E-state index in [0.717, 1.165) is 16.4 Å². The van der Waals surface area contributed by atoms with E-state index >= 15 is 0 Å². The van der Waals surface area contributed by atoms with Crippen molar-refractivity contribution in [2.75, 3.05) is 19.7 Å². The number of halogens is 2. The summed E-state index contributed by atoms with van der Waals surface area (Å²) < 4.78 is 38.3. The summed E-state index contributed by atoms with van der Waals surface area (Å²) in [6, 6.07) is 3.15. The van der Waals surface area contributed by atoms with Crippen LogP contribution in [-0.2, 0) is 10.0 Å². The van der Waals surface area contributed by atoms with Gasteiger partial charge in [-0.2, -0.15) is 4.31 Å². The molecule has 0 amide bonds. The lowest BCUT2D eigenvalue weighted by atomic mass is 10.3. The Morgan fingerprint density at radius 1 is 1.47 bits per heavy atom. The highest BCUT2D eigenvalue weighted by Gasteiger charge is 2.25. The number of hydrogen-bond donors (Lipinski definition) is 1. The standard InChI is InChI=1S/C10H13ClFNO3S/c1-2-13(5-6-14)17(15,16)10-7-8(12)3-4-9(10)11/h3-4,7,14H,2,5-6H2,1H3. The zero-order chi connectivity index (χ0) is 13.1. The Bertz CT molecular complexity index is 492. The average Bonchev–Trinajstić information content (AvgIpc) is 2.28. The Morgan fingerprint density at radius 2 is 2.12 bits per heavy atom. The monoisotopic (exact) mass is 281 g/mol. The van der Waals surface area contributed by atoms with Crippen molar-refractivity contribution in [3.8, 4) is 0 Å². The van der Waals surface area contributed by atoms with E-state index in [-0.39, 0.29) is 29.6 Å². The molecule has 0 aliphatic carbocycles. The minimum Gasteiger partial charge on any atom is -0.395 e. The molecule has 1 rings (SSSR count). The van der Waals surface area contributed by atoms with E-state index in [1.807, 2.05) is 0 Å². The molecular formula is C10H13ClFNO3S. The van der Waals surface area contributed by atoms with Gasteiger partial charge in [-0.05, 0) is 18.2 Å². The molecule has 0 radical (unpaired) electrons. The molecule has 0 unspecified atom stereocenters. The van der Waals surface area contributed by atoms with Crippen LogP contribution < -0.4 is 0 Å². The number of nitrogens with zero attached hydrogens (tertiary/aromatic N) is 1. The topological polar surface area (TPSA) is 57.6 Å². The smallest absolute Gasteiger partial charge is 0.244 e. The third kappa shape index (κ3) is 3.16. The van der Waals surface area contributed by atoms with E-state index in [9.17, 15) is 12.8 Å². The second-order valence-electron chi connectivity index (χ2n) is 3.30. The van der Waals surface area contributed by atoms with Crippen LogP contribution in [-0.4, -0.2) is 37.5 Å². The SMILES string of the molecule is CCN(CCO)S(=O)(=O)c1cc(F)ccc1Cl. The zero-order valence-corrected chi connectivity index (χ0v) is 10.8. The summed E-state index contributed by atoms with van der Waals surface area (Å²) in [7, 11) is -3.87. The molecule has 0 heterocycles. The van der Waals surface area contributed by atoms with Gasteiger partial charge in [-0.1, -0.05) is 18.5 Å². The van der Waals surface area contributed by atoms with Crippen LogP contribution >= 0.6 is 11.6 Å². The summed E-state index contributed by atoms with van der Waals surface area (Å²) in [6.45, 7) is 1.45. The first-order valence-corrected chi connectivity index (χ1v) is 6.81. The lowest BCUT2D eigenvalue weighted by molar-refractivity contribution is 0.257. The predicted molar refractivity (Wildman–Crippen MR) is 62.9 cm³/mol. The molecule has 1 N–H and O–H groups in total. The number of hydrogen-bond acceptors (Lipinski definition) is 3. The number of benzene rings is 1. The van der Waals surface area contributed by atoms with E-state index < -0.39 is 15.8 Å². The number of likely N-dealkylation sites (N-methyl/N-ethyl adjacent to an activating group) is 1. The van der Waals surface area contributed by atoms with Crippen molar-refractivity contribution in [1.82, 2.24) is 4.31 Å². The van der Waals surface area contributed by atoms with Gasteiger partial charge in [-0.3, -0.25) is 0 Å². The highest BCUT2D eigenvalue weighted by atomic mass is 35.5. The highest BCUT2D eigenvalue weighted by Crippen LogP contribution is 2.25. The van der Waals surface area contributed by atoms with Crippen molar-refractivity contribution >= 4 is 21.6 Å². The first kappa shape index (κ1) is 14.4. The van der Waals surface area contributed by atoms with Gasteiger partial charge < -0.3 is 5.11 Å². The quantitative estimate of drug-likeness (QED) is 0.889. The van der Waals surface area contributed by atoms with Crippen LogP contribution in [0.3, 0.4) is 0 Å². The van der Waals surface area contributed by atoms with Crippen molar-refractivity contribution in [2.24, 2.45) is 0 Å². The van der Waals surface area contributed by atoms with Gasteiger partial charge in [0.25, 0.3) is 0 Å². The van der Waals surface area contributed by atoms with Gasteiger partial charge >= 0.3 is 0 Å². The van der Waals surface area contributed by atoms with Crippen molar-refractivity contribution in [3.05, 3.63) is 29.0 Å². The molecule has 17 heavy (non-hydrogen) atoms. The molecule has 0 saturated heterocycles. The van der Waals surface area contributed by atoms with Gasteiger partial charge in [0.15, 0.2) is 0 Å². The molecule has 0 atom stereocenters. The molecule has 96 valence electrons. The maximum atomic E-state index is 13.0. The van der Waals surface area contributed by atoms with Crippen molar-refractivity contribution in [3.63, 3.8) is 0 Å². The van der Waals surface area contributed by atoms with Crippen molar-refractivity contribution in [2.45, 2.75) is 11.8 Å². The molecule has 0 spiro atoms.